The lowest BCUT2D eigenvalue weighted by Gasteiger charge is -2.15. The van der Waals surface area contributed by atoms with Crippen LogP contribution in [0.1, 0.15) is 31.9 Å². The van der Waals surface area contributed by atoms with Crippen molar-refractivity contribution in [2.45, 2.75) is 33.9 Å². The average molecular weight is 366 g/mol. The zero-order chi connectivity index (χ0) is 18.2. The fourth-order valence-electron chi connectivity index (χ4n) is 2.38. The van der Waals surface area contributed by atoms with Crippen LogP contribution in [0, 0.1) is 11.7 Å². The maximum atomic E-state index is 13.9. The monoisotopic (exact) mass is 365 g/mol. The number of halogens is 2. The first-order valence-electron chi connectivity index (χ1n) is 8.53. The van der Waals surface area contributed by atoms with E-state index in [-0.39, 0.29) is 12.4 Å². The Hall–Kier alpha value is -1.78. The van der Waals surface area contributed by atoms with Crippen LogP contribution in [0.25, 0.3) is 0 Å². The molecule has 0 bridgehead atoms. The maximum absolute atomic E-state index is 13.9. The zero-order valence-corrected chi connectivity index (χ0v) is 15.7. The fourth-order valence-corrected chi connectivity index (χ4v) is 2.59. The molecule has 3 nitrogen and oxygen atoms in total. The summed E-state index contributed by atoms with van der Waals surface area (Å²) in [6.07, 6.45) is 0. The summed E-state index contributed by atoms with van der Waals surface area (Å²) in [7, 11) is 0. The molecule has 0 amide bonds. The van der Waals surface area contributed by atoms with Gasteiger partial charge < -0.3 is 14.8 Å². The van der Waals surface area contributed by atoms with Crippen molar-refractivity contribution in [1.29, 1.82) is 0 Å². The molecule has 0 aliphatic carbocycles. The molecule has 0 heterocycles. The normalized spacial score (nSPS) is 11.0. The summed E-state index contributed by atoms with van der Waals surface area (Å²) in [5, 5.41) is 3.75. The first-order valence-corrected chi connectivity index (χ1v) is 8.91. The van der Waals surface area contributed by atoms with Crippen LogP contribution >= 0.6 is 11.6 Å². The molecule has 2 rings (SSSR count). The quantitative estimate of drug-likeness (QED) is 0.662. The summed E-state index contributed by atoms with van der Waals surface area (Å²) in [6, 6.07) is 10.4. The molecule has 0 aliphatic rings. The van der Waals surface area contributed by atoms with Crippen molar-refractivity contribution in [3.05, 3.63) is 58.4 Å². The van der Waals surface area contributed by atoms with Gasteiger partial charge in [-0.3, -0.25) is 0 Å². The summed E-state index contributed by atoms with van der Waals surface area (Å²) < 4.78 is 25.3. The van der Waals surface area contributed by atoms with Crippen molar-refractivity contribution < 1.29 is 13.9 Å². The first kappa shape index (κ1) is 19.5. The van der Waals surface area contributed by atoms with Crippen molar-refractivity contribution in [1.82, 2.24) is 5.32 Å². The highest BCUT2D eigenvalue weighted by molar-refractivity contribution is 6.31. The Kier molecular flexibility index (Phi) is 7.53. The largest absolute Gasteiger partial charge is 0.490 e. The lowest BCUT2D eigenvalue weighted by Crippen LogP contribution is -2.19. The van der Waals surface area contributed by atoms with Gasteiger partial charge in [-0.1, -0.05) is 37.6 Å². The molecule has 1 N–H and O–H groups in total. The second kappa shape index (κ2) is 9.64. The Labute approximate surface area is 154 Å². The molecule has 136 valence electrons. The Morgan fingerprint density at radius 3 is 2.60 bits per heavy atom. The van der Waals surface area contributed by atoms with Crippen LogP contribution in [0.5, 0.6) is 11.5 Å². The van der Waals surface area contributed by atoms with Crippen LogP contribution in [0.15, 0.2) is 36.4 Å². The van der Waals surface area contributed by atoms with E-state index in [4.69, 9.17) is 21.1 Å². The maximum Gasteiger partial charge on any atom is 0.161 e. The smallest absolute Gasteiger partial charge is 0.161 e. The van der Waals surface area contributed by atoms with Gasteiger partial charge in [-0.15, -0.1) is 0 Å². The van der Waals surface area contributed by atoms with Crippen molar-refractivity contribution in [3.8, 4) is 11.5 Å². The van der Waals surface area contributed by atoms with Crippen LogP contribution in [0.3, 0.4) is 0 Å². The summed E-state index contributed by atoms with van der Waals surface area (Å²) in [6.45, 7) is 8.55. The van der Waals surface area contributed by atoms with Crippen LogP contribution in [0.4, 0.5) is 4.39 Å². The molecule has 0 spiro atoms. The predicted molar refractivity (Wildman–Crippen MR) is 99.9 cm³/mol. The highest BCUT2D eigenvalue weighted by Gasteiger charge is 2.11. The first-order chi connectivity index (χ1) is 12.0. The molecule has 0 saturated heterocycles. The number of hydrogen-bond donors (Lipinski definition) is 1. The van der Waals surface area contributed by atoms with Crippen LogP contribution in [-0.4, -0.2) is 13.2 Å². The second-order valence-electron chi connectivity index (χ2n) is 6.23. The SMILES string of the molecule is CCOc1cc(CNCC(C)C)ccc1OCc1c(F)cccc1Cl. The van der Waals surface area contributed by atoms with E-state index >= 15 is 0 Å². The molecule has 2 aromatic carbocycles. The van der Waals surface area contributed by atoms with Gasteiger partial charge in [0, 0.05) is 12.1 Å². The predicted octanol–water partition coefficient (Wildman–Crippen LogP) is 5.20. The molecule has 0 fully saturated rings. The van der Waals surface area contributed by atoms with E-state index < -0.39 is 0 Å². The molecule has 0 aliphatic heterocycles. The minimum atomic E-state index is -0.375. The highest BCUT2D eigenvalue weighted by Crippen LogP contribution is 2.30. The van der Waals surface area contributed by atoms with E-state index in [9.17, 15) is 4.39 Å². The van der Waals surface area contributed by atoms with Crippen LogP contribution in [0.2, 0.25) is 5.02 Å². The summed E-state index contributed by atoms with van der Waals surface area (Å²) >= 11 is 6.05. The van der Waals surface area contributed by atoms with Gasteiger partial charge in [-0.05, 0) is 49.2 Å². The number of ether oxygens (including phenoxy) is 2. The van der Waals surface area contributed by atoms with Gasteiger partial charge in [-0.2, -0.15) is 0 Å². The Morgan fingerprint density at radius 1 is 1.12 bits per heavy atom. The van der Waals surface area contributed by atoms with Gasteiger partial charge in [0.15, 0.2) is 11.5 Å². The average Bonchev–Trinajstić information content (AvgIpc) is 2.56. The van der Waals surface area contributed by atoms with Gasteiger partial charge in [-0.25, -0.2) is 4.39 Å². The van der Waals surface area contributed by atoms with E-state index in [2.05, 4.69) is 19.2 Å². The number of nitrogens with one attached hydrogen (secondary N) is 1. The van der Waals surface area contributed by atoms with Gasteiger partial charge in [0.25, 0.3) is 0 Å². The van der Waals surface area contributed by atoms with Crippen molar-refractivity contribution in [3.63, 3.8) is 0 Å². The van der Waals surface area contributed by atoms with Gasteiger partial charge in [0.2, 0.25) is 0 Å². The molecule has 2 aromatic rings. The standard InChI is InChI=1S/C20H25ClFNO2/c1-4-24-20-10-15(12-23-11-14(2)3)8-9-19(20)25-13-16-17(21)6-5-7-18(16)22/h5-10,14,23H,4,11-13H2,1-3H3. The van der Waals surface area contributed by atoms with E-state index in [0.29, 0.717) is 34.6 Å². The number of hydrogen-bond acceptors (Lipinski definition) is 3. The third-order valence-corrected chi connectivity index (χ3v) is 3.98. The van der Waals surface area contributed by atoms with Crippen LogP contribution < -0.4 is 14.8 Å². The lowest BCUT2D eigenvalue weighted by atomic mass is 10.1. The fraction of sp³-hybridized carbons (Fsp3) is 0.400. The number of benzene rings is 2. The molecular formula is C20H25ClFNO2. The summed E-state index contributed by atoms with van der Waals surface area (Å²) in [4.78, 5) is 0. The van der Waals surface area contributed by atoms with Gasteiger partial charge >= 0.3 is 0 Å². The van der Waals surface area contributed by atoms with Gasteiger partial charge in [0.05, 0.1) is 11.6 Å². The Morgan fingerprint density at radius 2 is 1.92 bits per heavy atom. The van der Waals surface area contributed by atoms with E-state index in [0.717, 1.165) is 18.7 Å². The molecule has 5 heteroatoms. The van der Waals surface area contributed by atoms with Crippen molar-refractivity contribution >= 4 is 11.6 Å². The Balaban J connectivity index is 2.08. The molecule has 0 saturated carbocycles. The third-order valence-electron chi connectivity index (χ3n) is 3.62. The zero-order valence-electron chi connectivity index (χ0n) is 14.9. The molecule has 25 heavy (non-hydrogen) atoms. The topological polar surface area (TPSA) is 30.5 Å². The third kappa shape index (κ3) is 5.91. The molecule has 0 aromatic heterocycles. The van der Waals surface area contributed by atoms with Crippen molar-refractivity contribution in [2.75, 3.05) is 13.2 Å². The van der Waals surface area contributed by atoms with E-state index in [1.165, 1.54) is 6.07 Å². The summed E-state index contributed by atoms with van der Waals surface area (Å²) in [5.41, 5.74) is 1.45. The Bertz CT molecular complexity index is 671. The molecule has 0 atom stereocenters. The van der Waals surface area contributed by atoms with E-state index in [1.54, 1.807) is 12.1 Å². The second-order valence-corrected chi connectivity index (χ2v) is 6.63. The molecular weight excluding hydrogens is 341 g/mol. The van der Waals surface area contributed by atoms with Crippen LogP contribution in [-0.2, 0) is 13.2 Å². The van der Waals surface area contributed by atoms with Crippen molar-refractivity contribution in [2.24, 2.45) is 5.92 Å². The lowest BCUT2D eigenvalue weighted by molar-refractivity contribution is 0.265. The number of rotatable bonds is 9. The van der Waals surface area contributed by atoms with Gasteiger partial charge in [0.1, 0.15) is 12.4 Å². The molecule has 0 unspecified atom stereocenters. The summed E-state index contributed by atoms with van der Waals surface area (Å²) in [5.74, 6) is 1.45. The molecule has 0 radical (unpaired) electrons. The highest BCUT2D eigenvalue weighted by atomic mass is 35.5. The minimum Gasteiger partial charge on any atom is -0.490 e. The minimum absolute atomic E-state index is 0.0521. The van der Waals surface area contributed by atoms with E-state index in [1.807, 2.05) is 25.1 Å².